The molecule has 0 amide bonds. The Bertz CT molecular complexity index is 423. The number of hydrogen-bond donors (Lipinski definition) is 1. The highest BCUT2D eigenvalue weighted by Crippen LogP contribution is 2.30. The van der Waals surface area contributed by atoms with Crippen LogP contribution < -0.4 is 5.73 Å². The maximum absolute atomic E-state index is 12.6. The highest BCUT2D eigenvalue weighted by atomic mass is 19.4. The summed E-state index contributed by atoms with van der Waals surface area (Å²) in [5, 5.41) is 0. The summed E-state index contributed by atoms with van der Waals surface area (Å²) in [7, 11) is 0. The first-order valence-electron chi connectivity index (χ1n) is 6.12. The van der Waals surface area contributed by atoms with Gasteiger partial charge in [0.2, 0.25) is 0 Å². The minimum Gasteiger partial charge on any atom is -0.350 e. The molecule has 0 bridgehead atoms. The predicted molar refractivity (Wildman–Crippen MR) is 63.4 cm³/mol. The van der Waals surface area contributed by atoms with Crippen molar-refractivity contribution in [1.29, 1.82) is 0 Å². The van der Waals surface area contributed by atoms with E-state index in [9.17, 15) is 13.2 Å². The Morgan fingerprint density at radius 1 is 1.32 bits per heavy atom. The van der Waals surface area contributed by atoms with E-state index < -0.39 is 18.0 Å². The Morgan fingerprint density at radius 2 is 2.11 bits per heavy atom. The molecule has 1 aliphatic rings. The van der Waals surface area contributed by atoms with E-state index in [2.05, 4.69) is 0 Å². The van der Waals surface area contributed by atoms with Gasteiger partial charge in [0.15, 0.2) is 6.29 Å². The molecule has 19 heavy (non-hydrogen) atoms. The van der Waals surface area contributed by atoms with Crippen molar-refractivity contribution in [1.82, 2.24) is 0 Å². The quantitative estimate of drug-likeness (QED) is 0.917. The van der Waals surface area contributed by atoms with Crippen LogP contribution in [0.25, 0.3) is 0 Å². The van der Waals surface area contributed by atoms with Gasteiger partial charge in [-0.2, -0.15) is 13.2 Å². The average molecular weight is 275 g/mol. The Kier molecular flexibility index (Phi) is 4.44. The standard InChI is InChI=1S/C13H16F3NO2/c14-13(15,16)10-3-1-2-9(6-10)7-12-18-8-11(19-12)4-5-17/h1-3,6,11-12H,4-5,7-8,17H2. The van der Waals surface area contributed by atoms with Gasteiger partial charge in [-0.15, -0.1) is 0 Å². The molecule has 0 radical (unpaired) electrons. The molecule has 0 spiro atoms. The maximum Gasteiger partial charge on any atom is 0.416 e. The second-order valence-electron chi connectivity index (χ2n) is 4.50. The molecule has 2 rings (SSSR count). The fourth-order valence-electron chi connectivity index (χ4n) is 2.02. The molecule has 1 aliphatic heterocycles. The fraction of sp³-hybridized carbons (Fsp3) is 0.538. The molecule has 1 heterocycles. The van der Waals surface area contributed by atoms with Crippen LogP contribution in [0.5, 0.6) is 0 Å². The molecule has 0 saturated carbocycles. The van der Waals surface area contributed by atoms with Crippen LogP contribution in [0.15, 0.2) is 24.3 Å². The number of hydrogen-bond acceptors (Lipinski definition) is 3. The van der Waals surface area contributed by atoms with Crippen LogP contribution >= 0.6 is 0 Å². The van der Waals surface area contributed by atoms with E-state index >= 15 is 0 Å². The zero-order valence-electron chi connectivity index (χ0n) is 10.3. The molecule has 0 aromatic heterocycles. The van der Waals surface area contributed by atoms with Gasteiger partial charge in [-0.05, 0) is 24.6 Å². The first-order chi connectivity index (χ1) is 8.99. The first kappa shape index (κ1) is 14.3. The van der Waals surface area contributed by atoms with Crippen LogP contribution in [0.1, 0.15) is 17.5 Å². The van der Waals surface area contributed by atoms with E-state index in [0.29, 0.717) is 31.6 Å². The number of halogens is 3. The summed E-state index contributed by atoms with van der Waals surface area (Å²) >= 11 is 0. The van der Waals surface area contributed by atoms with Crippen LogP contribution in [0.2, 0.25) is 0 Å². The van der Waals surface area contributed by atoms with Gasteiger partial charge in [-0.1, -0.05) is 18.2 Å². The summed E-state index contributed by atoms with van der Waals surface area (Å²) in [6.45, 7) is 0.950. The average Bonchev–Trinajstić information content (AvgIpc) is 2.76. The van der Waals surface area contributed by atoms with Crippen molar-refractivity contribution < 1.29 is 22.6 Å². The molecule has 3 nitrogen and oxygen atoms in total. The molecule has 1 fully saturated rings. The molecule has 106 valence electrons. The summed E-state index contributed by atoms with van der Waals surface area (Å²) in [5.74, 6) is 0. The Balaban J connectivity index is 1.97. The maximum atomic E-state index is 12.6. The van der Waals surface area contributed by atoms with Gasteiger partial charge in [-0.3, -0.25) is 0 Å². The Hall–Kier alpha value is -1.11. The third kappa shape index (κ3) is 3.92. The van der Waals surface area contributed by atoms with Gasteiger partial charge in [0.05, 0.1) is 18.3 Å². The molecular weight excluding hydrogens is 259 g/mol. The van der Waals surface area contributed by atoms with Crippen LogP contribution in [0.4, 0.5) is 13.2 Å². The van der Waals surface area contributed by atoms with E-state index in [0.717, 1.165) is 12.1 Å². The van der Waals surface area contributed by atoms with Gasteiger partial charge >= 0.3 is 6.18 Å². The molecule has 2 atom stereocenters. The van der Waals surface area contributed by atoms with Crippen molar-refractivity contribution in [3.63, 3.8) is 0 Å². The van der Waals surface area contributed by atoms with E-state index in [1.54, 1.807) is 6.07 Å². The lowest BCUT2D eigenvalue weighted by Gasteiger charge is -2.13. The summed E-state index contributed by atoms with van der Waals surface area (Å²) < 4.78 is 48.6. The van der Waals surface area contributed by atoms with Crippen LogP contribution in [-0.4, -0.2) is 25.5 Å². The second kappa shape index (κ2) is 5.90. The molecule has 1 saturated heterocycles. The smallest absolute Gasteiger partial charge is 0.350 e. The van der Waals surface area contributed by atoms with E-state index in [-0.39, 0.29) is 6.10 Å². The number of ether oxygens (including phenoxy) is 2. The predicted octanol–water partition coefficient (Wildman–Crippen LogP) is 2.34. The third-order valence-electron chi connectivity index (χ3n) is 2.96. The SMILES string of the molecule is NCCC1COC(Cc2cccc(C(F)(F)F)c2)O1. The van der Waals surface area contributed by atoms with Gasteiger partial charge in [-0.25, -0.2) is 0 Å². The molecule has 1 aromatic carbocycles. The monoisotopic (exact) mass is 275 g/mol. The van der Waals surface area contributed by atoms with Crippen LogP contribution in [0.3, 0.4) is 0 Å². The highest BCUT2D eigenvalue weighted by Gasteiger charge is 2.31. The molecule has 0 aliphatic carbocycles. The van der Waals surface area contributed by atoms with Crippen molar-refractivity contribution in [2.75, 3.05) is 13.2 Å². The zero-order valence-corrected chi connectivity index (χ0v) is 10.3. The van der Waals surface area contributed by atoms with Crippen molar-refractivity contribution in [2.24, 2.45) is 5.73 Å². The lowest BCUT2D eigenvalue weighted by molar-refractivity contribution is -0.137. The summed E-state index contributed by atoms with van der Waals surface area (Å²) in [6.07, 6.45) is -3.86. The Labute approximate surface area is 109 Å². The summed E-state index contributed by atoms with van der Waals surface area (Å²) in [5.41, 5.74) is 5.31. The van der Waals surface area contributed by atoms with Gasteiger partial charge in [0.25, 0.3) is 0 Å². The lowest BCUT2D eigenvalue weighted by atomic mass is 10.1. The fourth-order valence-corrected chi connectivity index (χ4v) is 2.02. The van der Waals surface area contributed by atoms with Gasteiger partial charge in [0.1, 0.15) is 0 Å². The second-order valence-corrected chi connectivity index (χ2v) is 4.50. The molecular formula is C13H16F3NO2. The topological polar surface area (TPSA) is 44.5 Å². The van der Waals surface area contributed by atoms with Crippen LogP contribution in [0, 0.1) is 0 Å². The minimum absolute atomic E-state index is 0.0548. The first-order valence-corrected chi connectivity index (χ1v) is 6.12. The lowest BCUT2D eigenvalue weighted by Crippen LogP contribution is -2.18. The largest absolute Gasteiger partial charge is 0.416 e. The van der Waals surface area contributed by atoms with E-state index in [1.807, 2.05) is 0 Å². The van der Waals surface area contributed by atoms with Crippen molar-refractivity contribution >= 4 is 0 Å². The molecule has 6 heteroatoms. The number of benzene rings is 1. The van der Waals surface area contributed by atoms with E-state index in [1.165, 1.54) is 6.07 Å². The molecule has 1 aromatic rings. The van der Waals surface area contributed by atoms with Crippen molar-refractivity contribution in [2.45, 2.75) is 31.4 Å². The number of alkyl halides is 3. The third-order valence-corrected chi connectivity index (χ3v) is 2.96. The minimum atomic E-state index is -4.32. The van der Waals surface area contributed by atoms with Gasteiger partial charge < -0.3 is 15.2 Å². The molecule has 2 unspecified atom stereocenters. The highest BCUT2D eigenvalue weighted by molar-refractivity contribution is 5.26. The van der Waals surface area contributed by atoms with Crippen molar-refractivity contribution in [3.05, 3.63) is 35.4 Å². The van der Waals surface area contributed by atoms with Crippen molar-refractivity contribution in [3.8, 4) is 0 Å². The molecule has 2 N–H and O–H groups in total. The Morgan fingerprint density at radius 3 is 2.79 bits per heavy atom. The number of nitrogens with two attached hydrogens (primary N) is 1. The van der Waals surface area contributed by atoms with Gasteiger partial charge in [0, 0.05) is 6.42 Å². The van der Waals surface area contributed by atoms with Crippen LogP contribution in [-0.2, 0) is 22.1 Å². The summed E-state index contributed by atoms with van der Waals surface area (Å²) in [6, 6.07) is 5.21. The summed E-state index contributed by atoms with van der Waals surface area (Å²) in [4.78, 5) is 0. The number of rotatable bonds is 4. The van der Waals surface area contributed by atoms with E-state index in [4.69, 9.17) is 15.2 Å². The zero-order chi connectivity index (χ0) is 13.9. The normalized spacial score (nSPS) is 23.8.